The number of unbranched alkanes of at least 4 members (excludes halogenated alkanes) is 5. The van der Waals surface area contributed by atoms with E-state index in [4.69, 9.17) is 4.52 Å². The van der Waals surface area contributed by atoms with Gasteiger partial charge in [-0.3, -0.25) is 0 Å². The van der Waals surface area contributed by atoms with Crippen molar-refractivity contribution in [1.29, 1.82) is 0 Å². The molecule has 0 bridgehead atoms. The van der Waals surface area contributed by atoms with Gasteiger partial charge in [-0.2, -0.15) is 4.98 Å². The van der Waals surface area contributed by atoms with Crippen LogP contribution in [0.5, 0.6) is 0 Å². The second kappa shape index (κ2) is 12.9. The molecule has 4 heteroatoms. The third-order valence-electron chi connectivity index (χ3n) is 6.12. The Hall–Kier alpha value is -3.24. The Morgan fingerprint density at radius 1 is 0.676 bits per heavy atom. The van der Waals surface area contributed by atoms with Crippen LogP contribution < -0.4 is 5.32 Å². The van der Waals surface area contributed by atoms with E-state index in [2.05, 4.69) is 95.2 Å². The van der Waals surface area contributed by atoms with Crippen molar-refractivity contribution in [3.63, 3.8) is 0 Å². The summed E-state index contributed by atoms with van der Waals surface area (Å²) in [5, 5.41) is 7.71. The number of benzene rings is 3. The van der Waals surface area contributed by atoms with E-state index in [9.17, 15) is 0 Å². The van der Waals surface area contributed by atoms with E-state index in [1.807, 2.05) is 6.07 Å². The second-order valence-corrected chi connectivity index (χ2v) is 8.90. The summed E-state index contributed by atoms with van der Waals surface area (Å²) in [5.74, 6) is 1.42. The first-order valence-corrected chi connectivity index (χ1v) is 12.6. The van der Waals surface area contributed by atoms with Crippen LogP contribution in [-0.2, 0) is 19.5 Å². The van der Waals surface area contributed by atoms with Crippen molar-refractivity contribution in [2.24, 2.45) is 0 Å². The molecule has 1 aromatic heterocycles. The molecule has 0 radical (unpaired) electrons. The zero-order valence-electron chi connectivity index (χ0n) is 20.2. The number of aryl methyl sites for hydroxylation is 1. The van der Waals surface area contributed by atoms with Crippen LogP contribution in [0.4, 0.5) is 0 Å². The highest BCUT2D eigenvalue weighted by molar-refractivity contribution is 5.63. The van der Waals surface area contributed by atoms with Gasteiger partial charge in [0, 0.05) is 25.1 Å². The monoisotopic (exact) mass is 453 g/mol. The van der Waals surface area contributed by atoms with Crippen molar-refractivity contribution in [3.05, 3.63) is 95.8 Å². The summed E-state index contributed by atoms with van der Waals surface area (Å²) < 4.78 is 5.50. The molecule has 0 aliphatic heterocycles. The van der Waals surface area contributed by atoms with Crippen molar-refractivity contribution in [2.45, 2.75) is 65.0 Å². The van der Waals surface area contributed by atoms with E-state index in [0.717, 1.165) is 37.3 Å². The fourth-order valence-electron chi connectivity index (χ4n) is 4.14. The number of hydrogen-bond acceptors (Lipinski definition) is 4. The molecule has 176 valence electrons. The van der Waals surface area contributed by atoms with Gasteiger partial charge in [-0.25, -0.2) is 0 Å². The van der Waals surface area contributed by atoms with Gasteiger partial charge in [0.05, 0.1) is 0 Å². The molecule has 3 aromatic carbocycles. The molecular weight excluding hydrogens is 418 g/mol. The molecule has 4 nitrogen and oxygen atoms in total. The number of aromatic nitrogens is 2. The molecule has 0 unspecified atom stereocenters. The van der Waals surface area contributed by atoms with Gasteiger partial charge >= 0.3 is 0 Å². The van der Waals surface area contributed by atoms with Crippen LogP contribution in [0.25, 0.3) is 22.6 Å². The Bertz CT molecular complexity index is 1120. The quantitative estimate of drug-likeness (QED) is 0.212. The topological polar surface area (TPSA) is 51.0 Å². The second-order valence-electron chi connectivity index (χ2n) is 8.90. The third kappa shape index (κ3) is 7.13. The molecule has 0 aliphatic carbocycles. The average Bonchev–Trinajstić information content (AvgIpc) is 3.36. The van der Waals surface area contributed by atoms with E-state index in [1.54, 1.807) is 0 Å². The highest BCUT2D eigenvalue weighted by Gasteiger charge is 2.09. The van der Waals surface area contributed by atoms with Gasteiger partial charge in [-0.1, -0.05) is 105 Å². The molecular formula is C30H35N3O. The molecule has 1 N–H and O–H groups in total. The van der Waals surface area contributed by atoms with Crippen molar-refractivity contribution >= 4 is 0 Å². The molecule has 4 rings (SSSR count). The number of hydrogen-bond donors (Lipinski definition) is 1. The fraction of sp³-hybridized carbons (Fsp3) is 0.333. The molecule has 0 spiro atoms. The largest absolute Gasteiger partial charge is 0.334 e. The van der Waals surface area contributed by atoms with Crippen molar-refractivity contribution in [2.75, 3.05) is 0 Å². The van der Waals surface area contributed by atoms with Crippen LogP contribution in [-0.4, -0.2) is 10.1 Å². The molecule has 0 saturated carbocycles. The summed E-state index contributed by atoms with van der Waals surface area (Å²) in [4.78, 5) is 4.59. The summed E-state index contributed by atoms with van der Waals surface area (Å²) in [6.45, 7) is 3.88. The maximum Gasteiger partial charge on any atom is 0.257 e. The van der Waals surface area contributed by atoms with E-state index in [-0.39, 0.29) is 0 Å². The lowest BCUT2D eigenvalue weighted by Gasteiger charge is -2.08. The third-order valence-corrected chi connectivity index (χ3v) is 6.12. The van der Waals surface area contributed by atoms with E-state index in [1.165, 1.54) is 54.4 Å². The van der Waals surface area contributed by atoms with Crippen molar-refractivity contribution in [3.8, 4) is 22.6 Å². The van der Waals surface area contributed by atoms with Gasteiger partial charge in [0.25, 0.3) is 5.89 Å². The number of nitrogens with one attached hydrogen (secondary N) is 1. The molecule has 0 amide bonds. The van der Waals surface area contributed by atoms with Gasteiger partial charge in [0.15, 0.2) is 5.82 Å². The smallest absolute Gasteiger partial charge is 0.257 e. The first kappa shape index (κ1) is 23.9. The standard InChI is InChI=1S/C30H35N3O/c1-2-3-4-5-6-10-16-29-32-30(34-33-29)27-19-17-24(18-20-27)22-31-23-25-12-11-15-28(21-25)26-13-8-7-9-14-26/h7-9,11-15,17-21,31H,2-6,10,16,22-23H2,1H3. The fourth-order valence-corrected chi connectivity index (χ4v) is 4.14. The minimum Gasteiger partial charge on any atom is -0.334 e. The Balaban J connectivity index is 1.24. The predicted molar refractivity (Wildman–Crippen MR) is 139 cm³/mol. The summed E-state index contributed by atoms with van der Waals surface area (Å²) in [6, 6.07) is 27.6. The molecule has 1 heterocycles. The van der Waals surface area contributed by atoms with E-state index >= 15 is 0 Å². The minimum atomic E-state index is 0.609. The van der Waals surface area contributed by atoms with Crippen molar-refractivity contribution < 1.29 is 4.52 Å². The zero-order chi connectivity index (χ0) is 23.4. The first-order valence-electron chi connectivity index (χ1n) is 12.6. The Morgan fingerprint density at radius 2 is 1.41 bits per heavy atom. The van der Waals surface area contributed by atoms with Gasteiger partial charge in [-0.05, 0) is 46.9 Å². The van der Waals surface area contributed by atoms with E-state index in [0.29, 0.717) is 5.89 Å². The maximum atomic E-state index is 5.50. The lowest BCUT2D eigenvalue weighted by atomic mass is 10.0. The Labute approximate surface area is 203 Å². The van der Waals surface area contributed by atoms with Crippen molar-refractivity contribution in [1.82, 2.24) is 15.5 Å². The van der Waals surface area contributed by atoms with Gasteiger partial charge < -0.3 is 9.84 Å². The maximum absolute atomic E-state index is 5.50. The summed E-state index contributed by atoms with van der Waals surface area (Å²) in [7, 11) is 0. The summed E-state index contributed by atoms with van der Waals surface area (Å²) in [5.41, 5.74) is 5.98. The zero-order valence-corrected chi connectivity index (χ0v) is 20.2. The van der Waals surface area contributed by atoms with Crippen LogP contribution in [0, 0.1) is 0 Å². The molecule has 0 atom stereocenters. The van der Waals surface area contributed by atoms with Crippen LogP contribution in [0.2, 0.25) is 0 Å². The van der Waals surface area contributed by atoms with Crippen LogP contribution in [0.3, 0.4) is 0 Å². The molecule has 0 saturated heterocycles. The van der Waals surface area contributed by atoms with E-state index < -0.39 is 0 Å². The van der Waals surface area contributed by atoms with Crippen LogP contribution >= 0.6 is 0 Å². The van der Waals surface area contributed by atoms with Crippen LogP contribution in [0.15, 0.2) is 83.4 Å². The van der Waals surface area contributed by atoms with Gasteiger partial charge in [-0.15, -0.1) is 0 Å². The normalized spacial score (nSPS) is 11.1. The molecule has 0 fully saturated rings. The highest BCUT2D eigenvalue weighted by atomic mass is 16.5. The number of nitrogens with zero attached hydrogens (tertiary/aromatic N) is 2. The molecule has 4 aromatic rings. The summed E-state index contributed by atoms with van der Waals surface area (Å²) in [6.07, 6.45) is 8.50. The predicted octanol–water partition coefficient (Wildman–Crippen LogP) is 7.60. The lowest BCUT2D eigenvalue weighted by Crippen LogP contribution is -2.12. The Morgan fingerprint density at radius 3 is 2.24 bits per heavy atom. The molecule has 34 heavy (non-hydrogen) atoms. The highest BCUT2D eigenvalue weighted by Crippen LogP contribution is 2.21. The molecule has 0 aliphatic rings. The average molecular weight is 454 g/mol. The van der Waals surface area contributed by atoms with Gasteiger partial charge in [0.1, 0.15) is 0 Å². The number of rotatable bonds is 13. The van der Waals surface area contributed by atoms with Gasteiger partial charge in [0.2, 0.25) is 0 Å². The first-order chi connectivity index (χ1) is 16.8. The minimum absolute atomic E-state index is 0.609. The van der Waals surface area contributed by atoms with Crippen LogP contribution in [0.1, 0.15) is 62.4 Å². The SMILES string of the molecule is CCCCCCCCc1noc(-c2ccc(CNCc3cccc(-c4ccccc4)c3)cc2)n1. The lowest BCUT2D eigenvalue weighted by molar-refractivity contribution is 0.421. The summed E-state index contributed by atoms with van der Waals surface area (Å²) >= 11 is 0. The Kier molecular flexibility index (Phi) is 9.04.